The molecule has 26 heavy (non-hydrogen) atoms. The molecule has 2 saturated heterocycles. The molecule has 0 saturated carbocycles. The van der Waals surface area contributed by atoms with Gasteiger partial charge in [0.1, 0.15) is 5.69 Å². The molecule has 2 aliphatic heterocycles. The number of aromatic nitrogens is 1. The molecular weight excluding hydrogens is 326 g/mol. The van der Waals surface area contributed by atoms with Crippen LogP contribution in [0.4, 0.5) is 0 Å². The maximum Gasteiger partial charge on any atom is 0.272 e. The third-order valence-electron chi connectivity index (χ3n) is 6.26. The maximum absolute atomic E-state index is 13.0. The van der Waals surface area contributed by atoms with Crippen molar-refractivity contribution >= 4 is 11.8 Å². The van der Waals surface area contributed by atoms with Crippen LogP contribution in [0.5, 0.6) is 0 Å². The molecule has 1 aromatic rings. The van der Waals surface area contributed by atoms with Gasteiger partial charge in [0.25, 0.3) is 5.91 Å². The number of carbonyl (C=O) groups is 2. The van der Waals surface area contributed by atoms with E-state index in [-0.39, 0.29) is 11.8 Å². The van der Waals surface area contributed by atoms with E-state index < -0.39 is 0 Å². The fourth-order valence-electron chi connectivity index (χ4n) is 4.71. The molecule has 2 fully saturated rings. The van der Waals surface area contributed by atoms with Crippen molar-refractivity contribution in [3.8, 4) is 0 Å². The molecule has 0 unspecified atom stereocenters. The van der Waals surface area contributed by atoms with Gasteiger partial charge in [0, 0.05) is 38.3 Å². The van der Waals surface area contributed by atoms with Gasteiger partial charge in [0.15, 0.2) is 0 Å². The van der Waals surface area contributed by atoms with Gasteiger partial charge in [0.2, 0.25) is 5.91 Å². The number of amides is 2. The Hall–Kier alpha value is -2.17. The summed E-state index contributed by atoms with van der Waals surface area (Å²) in [5.74, 6) is 1.65. The van der Waals surface area contributed by atoms with Gasteiger partial charge in [-0.3, -0.25) is 14.6 Å². The van der Waals surface area contributed by atoms with Crippen LogP contribution >= 0.6 is 0 Å². The van der Waals surface area contributed by atoms with Gasteiger partial charge in [-0.05, 0) is 56.6 Å². The zero-order valence-electron chi connectivity index (χ0n) is 15.4. The van der Waals surface area contributed by atoms with E-state index in [0.717, 1.165) is 38.8 Å². The van der Waals surface area contributed by atoms with E-state index in [4.69, 9.17) is 0 Å². The summed E-state index contributed by atoms with van der Waals surface area (Å²) in [6.07, 6.45) is 7.79. The van der Waals surface area contributed by atoms with Gasteiger partial charge in [-0.25, -0.2) is 0 Å². The number of fused-ring (bicyclic) bond motifs is 1. The van der Waals surface area contributed by atoms with Crippen molar-refractivity contribution in [3.05, 3.63) is 41.7 Å². The highest BCUT2D eigenvalue weighted by Gasteiger charge is 2.39. The van der Waals surface area contributed by atoms with Crippen LogP contribution in [0.3, 0.4) is 0 Å². The Kier molecular flexibility index (Phi) is 4.79. The third-order valence-corrected chi connectivity index (χ3v) is 6.26. The second kappa shape index (κ2) is 7.22. The maximum atomic E-state index is 13.0. The lowest BCUT2D eigenvalue weighted by atomic mass is 9.83. The number of pyridine rings is 1. The summed E-state index contributed by atoms with van der Waals surface area (Å²) in [7, 11) is 0. The van der Waals surface area contributed by atoms with E-state index in [1.165, 1.54) is 5.57 Å². The number of hydrogen-bond donors (Lipinski definition) is 0. The highest BCUT2D eigenvalue weighted by molar-refractivity contribution is 5.92. The first-order valence-corrected chi connectivity index (χ1v) is 9.76. The van der Waals surface area contributed by atoms with Crippen molar-refractivity contribution in [3.63, 3.8) is 0 Å². The SMILES string of the molecule is CC1=CC[C@H]2CN(C(=O)C3CCN(C(=O)c4ccccn4)CC3)C[C@H]2C1. The van der Waals surface area contributed by atoms with E-state index in [1.54, 1.807) is 12.3 Å². The molecule has 138 valence electrons. The van der Waals surface area contributed by atoms with Crippen LogP contribution in [-0.4, -0.2) is 52.8 Å². The molecule has 0 spiro atoms. The summed E-state index contributed by atoms with van der Waals surface area (Å²) in [5, 5.41) is 0. The highest BCUT2D eigenvalue weighted by atomic mass is 16.2. The molecule has 0 aromatic carbocycles. The van der Waals surface area contributed by atoms with Crippen LogP contribution in [0.25, 0.3) is 0 Å². The fraction of sp³-hybridized carbons (Fsp3) is 0.571. The molecule has 0 bridgehead atoms. The number of carbonyl (C=O) groups excluding carboxylic acids is 2. The largest absolute Gasteiger partial charge is 0.342 e. The molecule has 1 aliphatic carbocycles. The minimum absolute atomic E-state index is 0.0229. The predicted molar refractivity (Wildman–Crippen MR) is 99.4 cm³/mol. The van der Waals surface area contributed by atoms with Crippen molar-refractivity contribution in [1.29, 1.82) is 0 Å². The number of hydrogen-bond acceptors (Lipinski definition) is 3. The summed E-state index contributed by atoms with van der Waals surface area (Å²) < 4.78 is 0. The minimum atomic E-state index is -0.0229. The second-order valence-electron chi connectivity index (χ2n) is 8.04. The Morgan fingerprint density at radius 2 is 1.85 bits per heavy atom. The summed E-state index contributed by atoms with van der Waals surface area (Å²) in [6.45, 7) is 5.33. The summed E-state index contributed by atoms with van der Waals surface area (Å²) in [4.78, 5) is 33.5. The third kappa shape index (κ3) is 3.39. The molecule has 5 heteroatoms. The Labute approximate surface area is 155 Å². The quantitative estimate of drug-likeness (QED) is 0.768. The average Bonchev–Trinajstić information content (AvgIpc) is 3.11. The molecule has 1 aromatic heterocycles. The summed E-state index contributed by atoms with van der Waals surface area (Å²) in [5.41, 5.74) is 1.96. The van der Waals surface area contributed by atoms with Gasteiger partial charge >= 0.3 is 0 Å². The Balaban J connectivity index is 1.31. The lowest BCUT2D eigenvalue weighted by Gasteiger charge is -2.33. The molecule has 5 nitrogen and oxygen atoms in total. The average molecular weight is 353 g/mol. The smallest absolute Gasteiger partial charge is 0.272 e. The summed E-state index contributed by atoms with van der Waals surface area (Å²) >= 11 is 0. The normalized spacial score (nSPS) is 26.4. The zero-order valence-corrected chi connectivity index (χ0v) is 15.4. The van der Waals surface area contributed by atoms with Crippen molar-refractivity contribution < 1.29 is 9.59 Å². The topological polar surface area (TPSA) is 53.5 Å². The first kappa shape index (κ1) is 17.3. The van der Waals surface area contributed by atoms with E-state index in [0.29, 0.717) is 36.5 Å². The lowest BCUT2D eigenvalue weighted by Crippen LogP contribution is -2.44. The first-order chi connectivity index (χ1) is 12.6. The van der Waals surface area contributed by atoms with E-state index in [1.807, 2.05) is 17.0 Å². The molecule has 0 N–H and O–H groups in total. The molecule has 2 amide bonds. The number of piperidine rings is 1. The van der Waals surface area contributed by atoms with Crippen LogP contribution in [-0.2, 0) is 4.79 Å². The lowest BCUT2D eigenvalue weighted by molar-refractivity contribution is -0.136. The van der Waals surface area contributed by atoms with Gasteiger partial charge in [-0.1, -0.05) is 17.7 Å². The molecular formula is C21H27N3O2. The highest BCUT2D eigenvalue weighted by Crippen LogP contribution is 2.36. The fourth-order valence-corrected chi connectivity index (χ4v) is 4.71. The standard InChI is InChI=1S/C21H27N3O2/c1-15-5-6-17-13-24(14-18(17)12-15)20(25)16-7-10-23(11-8-16)21(26)19-4-2-3-9-22-19/h2-5,9,16-18H,6-8,10-14H2,1H3/t17-,18+/m0/s1. The zero-order chi connectivity index (χ0) is 18.1. The van der Waals surface area contributed by atoms with Crippen molar-refractivity contribution in [2.75, 3.05) is 26.2 Å². The molecule has 0 radical (unpaired) electrons. The van der Waals surface area contributed by atoms with E-state index in [9.17, 15) is 9.59 Å². The van der Waals surface area contributed by atoms with Crippen LogP contribution in [0.15, 0.2) is 36.0 Å². The van der Waals surface area contributed by atoms with Gasteiger partial charge in [-0.2, -0.15) is 0 Å². The van der Waals surface area contributed by atoms with Crippen LogP contribution < -0.4 is 0 Å². The van der Waals surface area contributed by atoms with Crippen LogP contribution in [0.1, 0.15) is 43.1 Å². The molecule has 2 atom stereocenters. The minimum Gasteiger partial charge on any atom is -0.342 e. The Morgan fingerprint density at radius 3 is 2.58 bits per heavy atom. The molecule has 4 rings (SSSR count). The molecule has 3 aliphatic rings. The first-order valence-electron chi connectivity index (χ1n) is 9.76. The Morgan fingerprint density at radius 1 is 1.08 bits per heavy atom. The summed E-state index contributed by atoms with van der Waals surface area (Å²) in [6, 6.07) is 5.40. The number of nitrogens with zero attached hydrogens (tertiary/aromatic N) is 3. The number of likely N-dealkylation sites (tertiary alicyclic amines) is 2. The number of rotatable bonds is 2. The molecule has 3 heterocycles. The van der Waals surface area contributed by atoms with Gasteiger partial charge in [-0.15, -0.1) is 0 Å². The second-order valence-corrected chi connectivity index (χ2v) is 8.04. The van der Waals surface area contributed by atoms with Crippen molar-refractivity contribution in [2.24, 2.45) is 17.8 Å². The van der Waals surface area contributed by atoms with Crippen molar-refractivity contribution in [2.45, 2.75) is 32.6 Å². The van der Waals surface area contributed by atoms with E-state index in [2.05, 4.69) is 22.9 Å². The van der Waals surface area contributed by atoms with Crippen molar-refractivity contribution in [1.82, 2.24) is 14.8 Å². The Bertz CT molecular complexity index is 707. The van der Waals surface area contributed by atoms with Crippen LogP contribution in [0.2, 0.25) is 0 Å². The van der Waals surface area contributed by atoms with Crippen LogP contribution in [0, 0.1) is 17.8 Å². The van der Waals surface area contributed by atoms with E-state index >= 15 is 0 Å². The predicted octanol–water partition coefficient (Wildman–Crippen LogP) is 2.75. The van der Waals surface area contributed by atoms with Gasteiger partial charge in [0.05, 0.1) is 0 Å². The number of allylic oxidation sites excluding steroid dienone is 2. The van der Waals surface area contributed by atoms with Gasteiger partial charge < -0.3 is 9.80 Å². The monoisotopic (exact) mass is 353 g/mol.